The van der Waals surface area contributed by atoms with Crippen LogP contribution >= 0.6 is 11.3 Å². The summed E-state index contributed by atoms with van der Waals surface area (Å²) in [6.07, 6.45) is 0. The van der Waals surface area contributed by atoms with E-state index in [0.29, 0.717) is 30.4 Å². The predicted octanol–water partition coefficient (Wildman–Crippen LogP) is 4.15. The lowest BCUT2D eigenvalue weighted by molar-refractivity contribution is -0.115. The van der Waals surface area contributed by atoms with Crippen molar-refractivity contribution >= 4 is 22.9 Å². The first kappa shape index (κ1) is 18.5. The van der Waals surface area contributed by atoms with Gasteiger partial charge in [-0.15, -0.1) is 11.3 Å². The van der Waals surface area contributed by atoms with E-state index >= 15 is 0 Å². The standard InChI is InChI=1S/C22H22N2O3S/c1-15-4-6-16(7-5-15)22(20-3-2-12-28-20)23-14-21(25)24-17-8-9-18-19(13-17)27-11-10-26-18/h2-9,12-13,22-23H,10-11,14H2,1H3,(H,24,25)/t22-/m1/s1. The highest BCUT2D eigenvalue weighted by Gasteiger charge is 2.17. The SMILES string of the molecule is Cc1ccc([C@@H](NCC(=O)Nc2ccc3c(c2)OCCO3)c2cccs2)cc1. The molecule has 6 heteroatoms. The van der Waals surface area contributed by atoms with Gasteiger partial charge in [0.05, 0.1) is 12.6 Å². The Balaban J connectivity index is 1.42. The number of benzene rings is 2. The Morgan fingerprint density at radius 1 is 1.07 bits per heavy atom. The molecular weight excluding hydrogens is 372 g/mol. The largest absolute Gasteiger partial charge is 0.486 e. The van der Waals surface area contributed by atoms with Crippen LogP contribution in [0, 0.1) is 6.92 Å². The Bertz CT molecular complexity index is 939. The summed E-state index contributed by atoms with van der Waals surface area (Å²) in [5.41, 5.74) is 3.05. The van der Waals surface area contributed by atoms with Crippen LogP contribution in [0.1, 0.15) is 22.0 Å². The quantitative estimate of drug-likeness (QED) is 0.660. The topological polar surface area (TPSA) is 59.6 Å². The van der Waals surface area contributed by atoms with Crippen molar-refractivity contribution < 1.29 is 14.3 Å². The molecule has 5 nitrogen and oxygen atoms in total. The number of amides is 1. The molecule has 4 rings (SSSR count). The third kappa shape index (κ3) is 4.35. The number of carbonyl (C=O) groups is 1. The summed E-state index contributed by atoms with van der Waals surface area (Å²) in [6.45, 7) is 3.33. The van der Waals surface area contributed by atoms with E-state index in [2.05, 4.69) is 47.9 Å². The monoisotopic (exact) mass is 394 g/mol. The number of hydrogen-bond donors (Lipinski definition) is 2. The number of hydrogen-bond acceptors (Lipinski definition) is 5. The number of nitrogens with one attached hydrogen (secondary N) is 2. The predicted molar refractivity (Wildman–Crippen MR) is 111 cm³/mol. The normalized spacial score (nSPS) is 13.8. The molecule has 1 aliphatic rings. The molecular formula is C22H22N2O3S. The highest BCUT2D eigenvalue weighted by molar-refractivity contribution is 7.10. The first-order chi connectivity index (χ1) is 13.7. The van der Waals surface area contributed by atoms with E-state index in [1.807, 2.05) is 23.6 Å². The first-order valence-electron chi connectivity index (χ1n) is 9.22. The highest BCUT2D eigenvalue weighted by Crippen LogP contribution is 2.32. The molecule has 1 aromatic heterocycles. The van der Waals surface area contributed by atoms with Crippen LogP contribution in [-0.4, -0.2) is 25.7 Å². The third-order valence-electron chi connectivity index (χ3n) is 4.53. The minimum atomic E-state index is -0.106. The molecule has 0 unspecified atom stereocenters. The van der Waals surface area contributed by atoms with Gasteiger partial charge in [0.25, 0.3) is 0 Å². The Kier molecular flexibility index (Phi) is 5.60. The molecule has 28 heavy (non-hydrogen) atoms. The molecule has 2 aromatic carbocycles. The summed E-state index contributed by atoms with van der Waals surface area (Å²) in [4.78, 5) is 13.7. The van der Waals surface area contributed by atoms with Crippen molar-refractivity contribution in [3.63, 3.8) is 0 Å². The molecule has 0 saturated carbocycles. The number of anilines is 1. The van der Waals surface area contributed by atoms with Crippen molar-refractivity contribution in [2.75, 3.05) is 25.1 Å². The second kappa shape index (κ2) is 8.46. The Labute approximate surface area is 168 Å². The number of carbonyl (C=O) groups excluding carboxylic acids is 1. The van der Waals surface area contributed by atoms with Crippen molar-refractivity contribution in [3.8, 4) is 11.5 Å². The van der Waals surface area contributed by atoms with Gasteiger partial charge in [0.15, 0.2) is 11.5 Å². The fourth-order valence-corrected chi connectivity index (χ4v) is 3.95. The number of ether oxygens (including phenoxy) is 2. The van der Waals surface area contributed by atoms with E-state index in [1.54, 1.807) is 17.4 Å². The van der Waals surface area contributed by atoms with E-state index in [1.165, 1.54) is 10.4 Å². The van der Waals surface area contributed by atoms with Gasteiger partial charge in [0.1, 0.15) is 13.2 Å². The van der Waals surface area contributed by atoms with Gasteiger partial charge in [0.2, 0.25) is 5.91 Å². The molecule has 3 aromatic rings. The molecule has 0 bridgehead atoms. The molecule has 0 saturated heterocycles. The number of rotatable bonds is 6. The lowest BCUT2D eigenvalue weighted by Gasteiger charge is -2.20. The number of thiophene rings is 1. The molecule has 0 radical (unpaired) electrons. The molecule has 1 atom stereocenters. The maximum absolute atomic E-state index is 12.5. The zero-order valence-electron chi connectivity index (χ0n) is 15.6. The molecule has 144 valence electrons. The summed E-state index contributed by atoms with van der Waals surface area (Å²) in [5.74, 6) is 1.26. The van der Waals surface area contributed by atoms with Crippen LogP contribution < -0.4 is 20.1 Å². The van der Waals surface area contributed by atoms with Gasteiger partial charge >= 0.3 is 0 Å². The first-order valence-corrected chi connectivity index (χ1v) is 10.1. The summed E-state index contributed by atoms with van der Waals surface area (Å²) >= 11 is 1.68. The van der Waals surface area contributed by atoms with Crippen molar-refractivity contribution in [2.24, 2.45) is 0 Å². The summed E-state index contributed by atoms with van der Waals surface area (Å²) in [6, 6.07) is 17.9. The lowest BCUT2D eigenvalue weighted by atomic mass is 10.0. The van der Waals surface area contributed by atoms with Gasteiger partial charge in [-0.2, -0.15) is 0 Å². The van der Waals surface area contributed by atoms with E-state index in [-0.39, 0.29) is 18.5 Å². The molecule has 0 spiro atoms. The Hall–Kier alpha value is -2.83. The minimum Gasteiger partial charge on any atom is -0.486 e. The van der Waals surface area contributed by atoms with Crippen LogP contribution in [0.25, 0.3) is 0 Å². The van der Waals surface area contributed by atoms with E-state index < -0.39 is 0 Å². The van der Waals surface area contributed by atoms with Crippen molar-refractivity contribution in [2.45, 2.75) is 13.0 Å². The molecule has 1 amide bonds. The van der Waals surface area contributed by atoms with Crippen LogP contribution in [0.2, 0.25) is 0 Å². The van der Waals surface area contributed by atoms with Crippen LogP contribution in [0.5, 0.6) is 11.5 Å². The van der Waals surface area contributed by atoms with E-state index in [0.717, 1.165) is 5.56 Å². The molecule has 2 heterocycles. The summed E-state index contributed by atoms with van der Waals surface area (Å²) < 4.78 is 11.1. The van der Waals surface area contributed by atoms with Gasteiger partial charge in [-0.1, -0.05) is 35.9 Å². The molecule has 0 fully saturated rings. The van der Waals surface area contributed by atoms with Gasteiger partial charge < -0.3 is 14.8 Å². The number of aryl methyl sites for hydroxylation is 1. The Morgan fingerprint density at radius 2 is 1.86 bits per heavy atom. The fraction of sp³-hybridized carbons (Fsp3) is 0.227. The minimum absolute atomic E-state index is 0.0217. The molecule has 0 aliphatic carbocycles. The van der Waals surface area contributed by atoms with Crippen molar-refractivity contribution in [1.82, 2.24) is 5.32 Å². The third-order valence-corrected chi connectivity index (χ3v) is 5.47. The van der Waals surface area contributed by atoms with Crippen molar-refractivity contribution in [1.29, 1.82) is 0 Å². The summed E-state index contributed by atoms with van der Waals surface area (Å²) in [5, 5.41) is 8.35. The van der Waals surface area contributed by atoms with Crippen molar-refractivity contribution in [3.05, 3.63) is 76.0 Å². The van der Waals surface area contributed by atoms with Crippen LogP contribution in [-0.2, 0) is 4.79 Å². The number of fused-ring (bicyclic) bond motifs is 1. The van der Waals surface area contributed by atoms with Gasteiger partial charge in [-0.05, 0) is 36.1 Å². The second-order valence-electron chi connectivity index (χ2n) is 6.65. The van der Waals surface area contributed by atoms with Gasteiger partial charge in [-0.3, -0.25) is 10.1 Å². The van der Waals surface area contributed by atoms with E-state index in [9.17, 15) is 4.79 Å². The second-order valence-corrected chi connectivity index (χ2v) is 7.63. The molecule has 1 aliphatic heterocycles. The molecule has 2 N–H and O–H groups in total. The van der Waals surface area contributed by atoms with Crippen LogP contribution in [0.3, 0.4) is 0 Å². The highest BCUT2D eigenvalue weighted by atomic mass is 32.1. The van der Waals surface area contributed by atoms with E-state index in [4.69, 9.17) is 9.47 Å². The average molecular weight is 394 g/mol. The van der Waals surface area contributed by atoms with Gasteiger partial charge in [-0.25, -0.2) is 0 Å². The average Bonchev–Trinajstić information content (AvgIpc) is 3.24. The maximum atomic E-state index is 12.5. The fourth-order valence-electron chi connectivity index (χ4n) is 3.12. The van der Waals surface area contributed by atoms with Crippen LogP contribution in [0.4, 0.5) is 5.69 Å². The maximum Gasteiger partial charge on any atom is 0.238 e. The zero-order chi connectivity index (χ0) is 19.3. The van der Waals surface area contributed by atoms with Gasteiger partial charge in [0, 0.05) is 16.6 Å². The lowest BCUT2D eigenvalue weighted by Crippen LogP contribution is -2.31. The summed E-state index contributed by atoms with van der Waals surface area (Å²) in [7, 11) is 0. The zero-order valence-corrected chi connectivity index (χ0v) is 16.4. The smallest absolute Gasteiger partial charge is 0.238 e. The Morgan fingerprint density at radius 3 is 2.61 bits per heavy atom. The van der Waals surface area contributed by atoms with Crippen LogP contribution in [0.15, 0.2) is 60.0 Å².